The molecule has 1 saturated heterocycles. The lowest BCUT2D eigenvalue weighted by Crippen LogP contribution is -2.37. The first-order valence-corrected chi connectivity index (χ1v) is 15.8. The number of carbonyl (C=O) groups is 1. The van der Waals surface area contributed by atoms with Crippen molar-refractivity contribution in [1.82, 2.24) is 4.31 Å². The lowest BCUT2D eigenvalue weighted by molar-refractivity contribution is 0.102. The molecule has 12 heteroatoms. The average Bonchev–Trinajstić information content (AvgIpc) is 2.90. The molecular weight excluding hydrogens is 562 g/mol. The fraction of sp³-hybridized carbons (Fsp3) is 0.296. The molecule has 0 saturated carbocycles. The minimum absolute atomic E-state index is 0.00279. The summed E-state index contributed by atoms with van der Waals surface area (Å²) in [4.78, 5) is 13.0. The molecule has 0 aliphatic carbocycles. The van der Waals surface area contributed by atoms with E-state index in [0.717, 1.165) is 12.8 Å². The number of carbonyl (C=O) groups excluding carboxylic acids is 1. The number of ether oxygens (including phenoxy) is 1. The predicted octanol–water partition coefficient (Wildman–Crippen LogP) is 5.21. The minimum Gasteiger partial charge on any atom is -0.494 e. The second-order valence-corrected chi connectivity index (χ2v) is 13.3. The lowest BCUT2D eigenvalue weighted by Gasteiger charge is -2.29. The van der Waals surface area contributed by atoms with E-state index in [1.165, 1.54) is 46.8 Å². The van der Waals surface area contributed by atoms with Gasteiger partial charge in [0.25, 0.3) is 15.9 Å². The van der Waals surface area contributed by atoms with Gasteiger partial charge in [-0.2, -0.15) is 4.31 Å². The normalized spacial score (nSPS) is 15.1. The van der Waals surface area contributed by atoms with Crippen molar-refractivity contribution >= 4 is 48.9 Å². The van der Waals surface area contributed by atoms with Gasteiger partial charge < -0.3 is 10.1 Å². The van der Waals surface area contributed by atoms with Crippen LogP contribution in [0.5, 0.6) is 5.75 Å². The molecule has 0 aromatic heterocycles. The van der Waals surface area contributed by atoms with E-state index in [9.17, 15) is 21.6 Å². The van der Waals surface area contributed by atoms with Gasteiger partial charge in [0, 0.05) is 24.5 Å². The average molecular weight is 592 g/mol. The SMILES string of the molecule is CCOc1ccc(NS(=O)(=O)c2ccc(NC(=O)c3cc(S(=O)(=O)N4CCC(C)CC4)ccc3Cl)cc2)cc1. The molecule has 0 spiro atoms. The quantitative estimate of drug-likeness (QED) is 0.352. The third kappa shape index (κ3) is 6.91. The van der Waals surface area contributed by atoms with E-state index in [-0.39, 0.29) is 20.4 Å². The van der Waals surface area contributed by atoms with Crippen LogP contribution < -0.4 is 14.8 Å². The van der Waals surface area contributed by atoms with Crippen molar-refractivity contribution in [2.75, 3.05) is 29.7 Å². The highest BCUT2D eigenvalue weighted by atomic mass is 35.5. The summed E-state index contributed by atoms with van der Waals surface area (Å²) < 4.78 is 61.1. The van der Waals surface area contributed by atoms with Crippen molar-refractivity contribution in [2.24, 2.45) is 5.92 Å². The summed E-state index contributed by atoms with van der Waals surface area (Å²) in [6, 6.07) is 16.2. The second kappa shape index (κ2) is 12.0. The van der Waals surface area contributed by atoms with Gasteiger partial charge in [-0.15, -0.1) is 0 Å². The number of nitrogens with one attached hydrogen (secondary N) is 2. The van der Waals surface area contributed by atoms with Crippen LogP contribution in [-0.2, 0) is 20.0 Å². The highest BCUT2D eigenvalue weighted by Gasteiger charge is 2.29. The Bertz CT molecular complexity index is 1540. The number of hydrogen-bond donors (Lipinski definition) is 2. The van der Waals surface area contributed by atoms with Gasteiger partial charge >= 0.3 is 0 Å². The summed E-state index contributed by atoms with van der Waals surface area (Å²) in [5, 5.41) is 2.74. The third-order valence-corrected chi connectivity index (χ3v) is 10.0. The van der Waals surface area contributed by atoms with Gasteiger partial charge in [-0.1, -0.05) is 18.5 Å². The van der Waals surface area contributed by atoms with Crippen LogP contribution >= 0.6 is 11.6 Å². The minimum atomic E-state index is -3.87. The summed E-state index contributed by atoms with van der Waals surface area (Å²) >= 11 is 6.24. The molecule has 0 unspecified atom stereocenters. The first kappa shape index (κ1) is 28.9. The van der Waals surface area contributed by atoms with Crippen molar-refractivity contribution < 1.29 is 26.4 Å². The zero-order chi connectivity index (χ0) is 28.2. The van der Waals surface area contributed by atoms with Crippen LogP contribution in [0.25, 0.3) is 0 Å². The van der Waals surface area contributed by atoms with E-state index in [4.69, 9.17) is 16.3 Å². The fourth-order valence-corrected chi connectivity index (χ4v) is 6.89. The molecule has 0 atom stereocenters. The Morgan fingerprint density at radius 2 is 1.51 bits per heavy atom. The van der Waals surface area contributed by atoms with Crippen LogP contribution in [0.1, 0.15) is 37.0 Å². The van der Waals surface area contributed by atoms with Gasteiger partial charge in [0.15, 0.2) is 0 Å². The van der Waals surface area contributed by atoms with Crippen molar-refractivity contribution in [3.8, 4) is 5.75 Å². The van der Waals surface area contributed by atoms with E-state index >= 15 is 0 Å². The van der Waals surface area contributed by atoms with Crippen molar-refractivity contribution in [3.63, 3.8) is 0 Å². The highest BCUT2D eigenvalue weighted by molar-refractivity contribution is 7.92. The maximum absolute atomic E-state index is 13.1. The Morgan fingerprint density at radius 1 is 0.923 bits per heavy atom. The Morgan fingerprint density at radius 3 is 2.13 bits per heavy atom. The Labute approximate surface area is 234 Å². The zero-order valence-corrected chi connectivity index (χ0v) is 23.9. The first-order chi connectivity index (χ1) is 18.5. The third-order valence-electron chi connectivity index (χ3n) is 6.40. The number of halogens is 1. The van der Waals surface area contributed by atoms with Crippen LogP contribution in [-0.4, -0.2) is 46.7 Å². The number of benzene rings is 3. The smallest absolute Gasteiger partial charge is 0.261 e. The number of piperidine rings is 1. The summed E-state index contributed by atoms with van der Waals surface area (Å²) in [5.74, 6) is 0.477. The molecule has 1 amide bonds. The maximum Gasteiger partial charge on any atom is 0.261 e. The molecule has 1 fully saturated rings. The van der Waals surface area contributed by atoms with Gasteiger partial charge in [0.1, 0.15) is 5.75 Å². The Kier molecular flexibility index (Phi) is 8.85. The van der Waals surface area contributed by atoms with Gasteiger partial charge in [0.2, 0.25) is 10.0 Å². The summed E-state index contributed by atoms with van der Waals surface area (Å²) in [7, 11) is -7.65. The molecule has 39 heavy (non-hydrogen) atoms. The van der Waals surface area contributed by atoms with Gasteiger partial charge in [-0.3, -0.25) is 9.52 Å². The predicted molar refractivity (Wildman–Crippen MR) is 151 cm³/mol. The summed E-state index contributed by atoms with van der Waals surface area (Å²) in [5.41, 5.74) is 0.686. The maximum atomic E-state index is 13.1. The lowest BCUT2D eigenvalue weighted by atomic mass is 10.0. The number of sulfonamides is 2. The zero-order valence-electron chi connectivity index (χ0n) is 21.6. The van der Waals surface area contributed by atoms with Crippen molar-refractivity contribution in [3.05, 3.63) is 77.3 Å². The van der Waals surface area contributed by atoms with Crippen LogP contribution in [0.3, 0.4) is 0 Å². The topological polar surface area (TPSA) is 122 Å². The summed E-state index contributed by atoms with van der Waals surface area (Å²) in [6.07, 6.45) is 1.56. The number of rotatable bonds is 9. The first-order valence-electron chi connectivity index (χ1n) is 12.5. The van der Waals surface area contributed by atoms with Gasteiger partial charge in [-0.05, 0) is 92.4 Å². The van der Waals surface area contributed by atoms with E-state index in [2.05, 4.69) is 17.0 Å². The monoisotopic (exact) mass is 591 g/mol. The van der Waals surface area contributed by atoms with Crippen molar-refractivity contribution in [1.29, 1.82) is 0 Å². The number of nitrogens with zero attached hydrogens (tertiary/aromatic N) is 1. The van der Waals surface area contributed by atoms with E-state index in [1.807, 2.05) is 6.92 Å². The molecule has 208 valence electrons. The van der Waals surface area contributed by atoms with E-state index in [1.54, 1.807) is 24.3 Å². The molecule has 1 aliphatic rings. The highest BCUT2D eigenvalue weighted by Crippen LogP contribution is 2.27. The van der Waals surface area contributed by atoms with E-state index in [0.29, 0.717) is 42.7 Å². The largest absolute Gasteiger partial charge is 0.494 e. The van der Waals surface area contributed by atoms with Crippen LogP contribution in [0.4, 0.5) is 11.4 Å². The molecule has 9 nitrogen and oxygen atoms in total. The van der Waals surface area contributed by atoms with Gasteiger partial charge in [0.05, 0.1) is 27.0 Å². The molecule has 0 radical (unpaired) electrons. The Hall–Kier alpha value is -3.12. The van der Waals surface area contributed by atoms with Crippen molar-refractivity contribution in [2.45, 2.75) is 36.5 Å². The molecule has 1 heterocycles. The molecule has 3 aromatic carbocycles. The standard InChI is InChI=1S/C27H30ClN3O6S2/c1-3-37-22-8-4-21(5-9-22)30-38(33,34)23-10-6-20(7-11-23)29-27(32)25-18-24(12-13-26(25)28)39(35,36)31-16-14-19(2)15-17-31/h4-13,18-19,30H,3,14-17H2,1-2H3,(H,29,32). The molecule has 4 rings (SSSR count). The number of anilines is 2. The summed E-state index contributed by atoms with van der Waals surface area (Å²) in [6.45, 7) is 5.31. The molecule has 1 aliphatic heterocycles. The molecule has 3 aromatic rings. The number of amides is 1. The molecule has 2 N–H and O–H groups in total. The molecule has 0 bridgehead atoms. The Balaban J connectivity index is 1.46. The van der Waals surface area contributed by atoms with Crippen LogP contribution in [0, 0.1) is 5.92 Å². The molecular formula is C27H30ClN3O6S2. The number of hydrogen-bond acceptors (Lipinski definition) is 6. The fourth-order valence-electron chi connectivity index (χ4n) is 4.13. The van der Waals surface area contributed by atoms with Gasteiger partial charge in [-0.25, -0.2) is 16.8 Å². The van der Waals surface area contributed by atoms with E-state index < -0.39 is 26.0 Å². The second-order valence-electron chi connectivity index (χ2n) is 9.27. The van der Waals surface area contributed by atoms with Crippen LogP contribution in [0.15, 0.2) is 76.5 Å². The van der Waals surface area contributed by atoms with Crippen LogP contribution in [0.2, 0.25) is 5.02 Å².